The van der Waals surface area contributed by atoms with Crippen LogP contribution in [0.25, 0.3) is 0 Å². The van der Waals surface area contributed by atoms with Gasteiger partial charge in [-0.1, -0.05) is 23.4 Å². The minimum absolute atomic E-state index is 0.103. The van der Waals surface area contributed by atoms with E-state index in [1.165, 1.54) is 25.3 Å². The monoisotopic (exact) mass is 381 g/mol. The minimum atomic E-state index is -0.606. The van der Waals surface area contributed by atoms with Gasteiger partial charge in [-0.2, -0.15) is 0 Å². The predicted octanol–water partition coefficient (Wildman–Crippen LogP) is 4.06. The molecule has 7 heteroatoms. The SMILES string of the molecule is COC(=O)/C=N/OCc1ccccc1Oc1ccc(F)c(Br)c1. The number of methoxy groups -OCH3 is 1. The highest BCUT2D eigenvalue weighted by Gasteiger charge is 2.07. The molecule has 0 spiro atoms. The van der Waals surface area contributed by atoms with Crippen molar-refractivity contribution in [3.63, 3.8) is 0 Å². The van der Waals surface area contributed by atoms with Crippen molar-refractivity contribution >= 4 is 28.1 Å². The average molecular weight is 382 g/mol. The van der Waals surface area contributed by atoms with Crippen molar-refractivity contribution in [1.82, 2.24) is 0 Å². The highest BCUT2D eigenvalue weighted by molar-refractivity contribution is 9.10. The van der Waals surface area contributed by atoms with Crippen molar-refractivity contribution in [2.24, 2.45) is 5.16 Å². The minimum Gasteiger partial charge on any atom is -0.465 e. The van der Waals surface area contributed by atoms with Gasteiger partial charge in [-0.05, 0) is 40.2 Å². The number of hydrogen-bond donors (Lipinski definition) is 0. The number of carbonyl (C=O) groups is 1. The number of halogens is 2. The van der Waals surface area contributed by atoms with Crippen LogP contribution >= 0.6 is 15.9 Å². The Bertz CT molecular complexity index is 721. The second kappa shape index (κ2) is 8.28. The summed E-state index contributed by atoms with van der Waals surface area (Å²) in [4.78, 5) is 15.9. The molecular formula is C16H13BrFNO4. The summed E-state index contributed by atoms with van der Waals surface area (Å²) in [6.45, 7) is 0.103. The number of nitrogens with zero attached hydrogens (tertiary/aromatic N) is 1. The lowest BCUT2D eigenvalue weighted by Crippen LogP contribution is -2.01. The van der Waals surface area contributed by atoms with Crippen LogP contribution in [0.5, 0.6) is 11.5 Å². The molecule has 0 atom stereocenters. The van der Waals surface area contributed by atoms with Gasteiger partial charge in [0.2, 0.25) is 0 Å². The summed E-state index contributed by atoms with van der Waals surface area (Å²) in [7, 11) is 1.25. The van der Waals surface area contributed by atoms with Crippen LogP contribution in [0.1, 0.15) is 5.56 Å². The van der Waals surface area contributed by atoms with E-state index in [1.807, 2.05) is 6.07 Å². The van der Waals surface area contributed by atoms with E-state index in [9.17, 15) is 9.18 Å². The Labute approximate surface area is 140 Å². The predicted molar refractivity (Wildman–Crippen MR) is 85.9 cm³/mol. The molecule has 23 heavy (non-hydrogen) atoms. The van der Waals surface area contributed by atoms with E-state index in [4.69, 9.17) is 9.57 Å². The lowest BCUT2D eigenvalue weighted by atomic mass is 10.2. The fraction of sp³-hybridized carbons (Fsp3) is 0.125. The van der Waals surface area contributed by atoms with Gasteiger partial charge in [0.25, 0.3) is 0 Å². The Morgan fingerprint density at radius 1 is 1.30 bits per heavy atom. The van der Waals surface area contributed by atoms with E-state index in [2.05, 4.69) is 25.8 Å². The van der Waals surface area contributed by atoms with Crippen LogP contribution in [0.15, 0.2) is 52.1 Å². The molecule has 5 nitrogen and oxygen atoms in total. The molecule has 2 aromatic rings. The number of oxime groups is 1. The van der Waals surface area contributed by atoms with Crippen LogP contribution in [0.2, 0.25) is 0 Å². The van der Waals surface area contributed by atoms with Gasteiger partial charge >= 0.3 is 5.97 Å². The Hall–Kier alpha value is -2.41. The average Bonchev–Trinajstić information content (AvgIpc) is 2.56. The van der Waals surface area contributed by atoms with Crippen LogP contribution in [0, 0.1) is 5.82 Å². The van der Waals surface area contributed by atoms with E-state index >= 15 is 0 Å². The zero-order valence-electron chi connectivity index (χ0n) is 12.2. The molecule has 0 unspecified atom stereocenters. The van der Waals surface area contributed by atoms with Crippen molar-refractivity contribution in [3.05, 3.63) is 58.3 Å². The van der Waals surface area contributed by atoms with Crippen LogP contribution in [-0.4, -0.2) is 19.3 Å². The molecule has 0 fully saturated rings. The van der Waals surface area contributed by atoms with Gasteiger partial charge in [-0.3, -0.25) is 0 Å². The smallest absolute Gasteiger partial charge is 0.352 e. The molecule has 0 saturated heterocycles. The molecule has 0 bridgehead atoms. The Kier molecular flexibility index (Phi) is 6.10. The molecule has 0 radical (unpaired) electrons. The summed E-state index contributed by atoms with van der Waals surface area (Å²) in [6, 6.07) is 11.5. The van der Waals surface area contributed by atoms with Crippen molar-refractivity contribution in [2.75, 3.05) is 7.11 Å². The lowest BCUT2D eigenvalue weighted by Gasteiger charge is -2.10. The number of rotatable bonds is 6. The molecule has 0 amide bonds. The summed E-state index contributed by atoms with van der Waals surface area (Å²) in [5.74, 6) is 0.0416. The fourth-order valence-electron chi connectivity index (χ4n) is 1.63. The summed E-state index contributed by atoms with van der Waals surface area (Å²) < 4.78 is 23.7. The van der Waals surface area contributed by atoms with Gasteiger partial charge < -0.3 is 14.3 Å². The second-order valence-corrected chi connectivity index (χ2v) is 5.17. The molecular weight excluding hydrogens is 369 g/mol. The summed E-state index contributed by atoms with van der Waals surface area (Å²) in [6.07, 6.45) is 0.931. The van der Waals surface area contributed by atoms with E-state index in [0.29, 0.717) is 16.0 Å². The van der Waals surface area contributed by atoms with Crippen molar-refractivity contribution < 1.29 is 23.5 Å². The Morgan fingerprint density at radius 2 is 2.09 bits per heavy atom. The normalized spacial score (nSPS) is 10.6. The molecule has 2 rings (SSSR count). The zero-order chi connectivity index (χ0) is 16.7. The van der Waals surface area contributed by atoms with E-state index in [-0.39, 0.29) is 12.4 Å². The summed E-state index contributed by atoms with van der Waals surface area (Å²) >= 11 is 3.11. The first-order valence-corrected chi connectivity index (χ1v) is 7.33. The first-order valence-electron chi connectivity index (χ1n) is 6.54. The van der Waals surface area contributed by atoms with Gasteiger partial charge in [0.15, 0.2) is 6.21 Å². The maximum atomic E-state index is 13.2. The molecule has 0 aliphatic carbocycles. The second-order valence-electron chi connectivity index (χ2n) is 4.32. The first-order chi connectivity index (χ1) is 11.1. The van der Waals surface area contributed by atoms with Crippen LogP contribution < -0.4 is 4.74 Å². The number of hydrogen-bond acceptors (Lipinski definition) is 5. The molecule has 0 saturated carbocycles. The zero-order valence-corrected chi connectivity index (χ0v) is 13.7. The van der Waals surface area contributed by atoms with Crippen LogP contribution in [0.3, 0.4) is 0 Å². The van der Waals surface area contributed by atoms with Gasteiger partial charge in [0.05, 0.1) is 11.6 Å². The van der Waals surface area contributed by atoms with Crippen LogP contribution in [0.4, 0.5) is 4.39 Å². The summed E-state index contributed by atoms with van der Waals surface area (Å²) in [5.41, 5.74) is 0.718. The van der Waals surface area contributed by atoms with Gasteiger partial charge in [0, 0.05) is 5.56 Å². The van der Waals surface area contributed by atoms with E-state index in [0.717, 1.165) is 11.8 Å². The Balaban J connectivity index is 2.06. The molecule has 0 aromatic heterocycles. The van der Waals surface area contributed by atoms with Crippen molar-refractivity contribution in [1.29, 1.82) is 0 Å². The van der Waals surface area contributed by atoms with Crippen LogP contribution in [-0.2, 0) is 21.0 Å². The quantitative estimate of drug-likeness (QED) is 0.430. The van der Waals surface area contributed by atoms with Crippen molar-refractivity contribution in [2.45, 2.75) is 6.61 Å². The summed E-state index contributed by atoms with van der Waals surface area (Å²) in [5, 5.41) is 3.50. The molecule has 0 heterocycles. The number of esters is 1. The van der Waals surface area contributed by atoms with E-state index in [1.54, 1.807) is 18.2 Å². The van der Waals surface area contributed by atoms with Crippen molar-refractivity contribution in [3.8, 4) is 11.5 Å². The molecule has 0 aliphatic rings. The third-order valence-electron chi connectivity index (χ3n) is 2.75. The first kappa shape index (κ1) is 17.0. The van der Waals surface area contributed by atoms with E-state index < -0.39 is 5.97 Å². The number of para-hydroxylation sites is 1. The number of benzene rings is 2. The molecule has 2 aromatic carbocycles. The topological polar surface area (TPSA) is 57.1 Å². The number of ether oxygens (including phenoxy) is 2. The third-order valence-corrected chi connectivity index (χ3v) is 3.35. The standard InChI is InChI=1S/C16H13BrFNO4/c1-21-16(20)9-19-22-10-11-4-2-3-5-15(11)23-12-6-7-14(18)13(17)8-12/h2-9H,10H2,1H3/b19-9+. The third kappa shape index (κ3) is 5.07. The fourth-order valence-corrected chi connectivity index (χ4v) is 1.99. The Morgan fingerprint density at radius 3 is 2.83 bits per heavy atom. The van der Waals surface area contributed by atoms with Gasteiger partial charge in [0.1, 0.15) is 23.9 Å². The molecule has 120 valence electrons. The van der Waals surface area contributed by atoms with Gasteiger partial charge in [-0.25, -0.2) is 9.18 Å². The molecule has 0 N–H and O–H groups in total. The highest BCUT2D eigenvalue weighted by Crippen LogP contribution is 2.28. The maximum absolute atomic E-state index is 13.2. The molecule has 0 aliphatic heterocycles. The largest absolute Gasteiger partial charge is 0.465 e. The maximum Gasteiger partial charge on any atom is 0.352 e. The lowest BCUT2D eigenvalue weighted by molar-refractivity contribution is -0.132. The highest BCUT2D eigenvalue weighted by atomic mass is 79.9. The van der Waals surface area contributed by atoms with Gasteiger partial charge in [-0.15, -0.1) is 0 Å². The number of carbonyl (C=O) groups excluding carboxylic acids is 1.